The van der Waals surface area contributed by atoms with Gasteiger partial charge < -0.3 is 14.8 Å². The summed E-state index contributed by atoms with van der Waals surface area (Å²) in [6.45, 7) is 2.48. The smallest absolute Gasteiger partial charge is 0.333 e. The number of methoxy groups -OCH3 is 1. The van der Waals surface area contributed by atoms with E-state index in [1.54, 1.807) is 6.92 Å². The van der Waals surface area contributed by atoms with Gasteiger partial charge in [-0.25, -0.2) is 4.79 Å². The first kappa shape index (κ1) is 11.6. The van der Waals surface area contributed by atoms with Gasteiger partial charge in [-0.3, -0.25) is 0 Å². The molecule has 0 saturated carbocycles. The number of hydrogen-bond acceptors (Lipinski definition) is 4. The largest absolute Gasteiger partial charge is 0.466 e. The molecular weight excluding hydrogens is 206 g/mol. The molecule has 90 valence electrons. The lowest BCUT2D eigenvalue weighted by Gasteiger charge is -2.19. The Kier molecular flexibility index (Phi) is 3.61. The first-order valence-electron chi connectivity index (χ1n) is 5.84. The van der Waals surface area contributed by atoms with Gasteiger partial charge in [0.2, 0.25) is 0 Å². The standard InChI is InChI=1S/C12H19NO3/c1-8(12(14)15-2)5-6-13-10-7-9-3-4-11(10)16-9/h5,9-11,13H,3-4,6-7H2,1-2H3. The molecule has 0 aliphatic carbocycles. The van der Waals surface area contributed by atoms with E-state index in [1.165, 1.54) is 20.0 Å². The summed E-state index contributed by atoms with van der Waals surface area (Å²) in [7, 11) is 1.40. The second-order valence-corrected chi connectivity index (χ2v) is 4.50. The van der Waals surface area contributed by atoms with E-state index in [9.17, 15) is 4.79 Å². The third-order valence-electron chi connectivity index (χ3n) is 3.40. The van der Waals surface area contributed by atoms with E-state index in [4.69, 9.17) is 4.74 Å². The van der Waals surface area contributed by atoms with Crippen LogP contribution < -0.4 is 5.32 Å². The van der Waals surface area contributed by atoms with E-state index in [-0.39, 0.29) is 5.97 Å². The summed E-state index contributed by atoms with van der Waals surface area (Å²) in [5.74, 6) is -0.258. The molecule has 2 saturated heterocycles. The first-order chi connectivity index (χ1) is 7.70. The zero-order chi connectivity index (χ0) is 11.5. The fourth-order valence-corrected chi connectivity index (χ4v) is 2.46. The molecule has 16 heavy (non-hydrogen) atoms. The third kappa shape index (κ3) is 2.44. The number of carbonyl (C=O) groups excluding carboxylic acids is 1. The molecule has 0 amide bonds. The van der Waals surface area contributed by atoms with Crippen molar-refractivity contribution in [2.24, 2.45) is 0 Å². The molecule has 2 fully saturated rings. The lowest BCUT2D eigenvalue weighted by molar-refractivity contribution is -0.136. The predicted molar refractivity (Wildman–Crippen MR) is 60.1 cm³/mol. The van der Waals surface area contributed by atoms with Gasteiger partial charge in [0.25, 0.3) is 0 Å². The number of fused-ring (bicyclic) bond motifs is 2. The Morgan fingerprint density at radius 2 is 2.38 bits per heavy atom. The quantitative estimate of drug-likeness (QED) is 0.573. The van der Waals surface area contributed by atoms with Gasteiger partial charge in [0.05, 0.1) is 19.3 Å². The average Bonchev–Trinajstić information content (AvgIpc) is 2.89. The Bertz CT molecular complexity index is 301. The van der Waals surface area contributed by atoms with Gasteiger partial charge in [0, 0.05) is 18.2 Å². The average molecular weight is 225 g/mol. The maximum atomic E-state index is 11.1. The molecule has 2 aliphatic heterocycles. The zero-order valence-electron chi connectivity index (χ0n) is 9.86. The van der Waals surface area contributed by atoms with Crippen molar-refractivity contribution < 1.29 is 14.3 Å². The maximum absolute atomic E-state index is 11.1. The van der Waals surface area contributed by atoms with Crippen LogP contribution in [0.2, 0.25) is 0 Å². The van der Waals surface area contributed by atoms with Crippen LogP contribution in [0.3, 0.4) is 0 Å². The fraction of sp³-hybridized carbons (Fsp3) is 0.750. The number of nitrogens with one attached hydrogen (secondary N) is 1. The van der Waals surface area contributed by atoms with E-state index in [0.717, 1.165) is 6.42 Å². The molecule has 0 aromatic carbocycles. The molecule has 3 atom stereocenters. The number of carbonyl (C=O) groups is 1. The van der Waals surface area contributed by atoms with Crippen molar-refractivity contribution in [3.05, 3.63) is 11.6 Å². The molecular formula is C12H19NO3. The van der Waals surface area contributed by atoms with Crippen LogP contribution in [0.4, 0.5) is 0 Å². The number of esters is 1. The lowest BCUT2D eigenvalue weighted by atomic mass is 9.95. The van der Waals surface area contributed by atoms with Crippen LogP contribution in [0.5, 0.6) is 0 Å². The van der Waals surface area contributed by atoms with Gasteiger partial charge >= 0.3 is 5.97 Å². The minimum absolute atomic E-state index is 0.258. The highest BCUT2D eigenvalue weighted by Gasteiger charge is 2.40. The molecule has 2 heterocycles. The monoisotopic (exact) mass is 225 g/mol. The predicted octanol–water partition coefficient (Wildman–Crippen LogP) is 1.02. The summed E-state index contributed by atoms with van der Waals surface area (Å²) < 4.78 is 10.4. The van der Waals surface area contributed by atoms with Crippen molar-refractivity contribution in [3.8, 4) is 0 Å². The Morgan fingerprint density at radius 1 is 1.56 bits per heavy atom. The molecule has 0 aromatic rings. The van der Waals surface area contributed by atoms with Gasteiger partial charge in [-0.1, -0.05) is 6.08 Å². The zero-order valence-corrected chi connectivity index (χ0v) is 9.86. The van der Waals surface area contributed by atoms with Crippen molar-refractivity contribution in [3.63, 3.8) is 0 Å². The third-order valence-corrected chi connectivity index (χ3v) is 3.40. The minimum atomic E-state index is -0.258. The summed E-state index contributed by atoms with van der Waals surface area (Å²) in [4.78, 5) is 11.1. The molecule has 4 heteroatoms. The number of ether oxygens (including phenoxy) is 2. The van der Waals surface area contributed by atoms with Crippen molar-refractivity contribution in [1.29, 1.82) is 0 Å². The molecule has 2 rings (SSSR count). The Labute approximate surface area is 96.0 Å². The van der Waals surface area contributed by atoms with E-state index < -0.39 is 0 Å². The van der Waals surface area contributed by atoms with Crippen LogP contribution in [-0.2, 0) is 14.3 Å². The minimum Gasteiger partial charge on any atom is -0.466 e. The number of rotatable bonds is 4. The van der Waals surface area contributed by atoms with E-state index in [2.05, 4.69) is 10.1 Å². The fourth-order valence-electron chi connectivity index (χ4n) is 2.46. The van der Waals surface area contributed by atoms with Crippen LogP contribution in [-0.4, -0.2) is 37.9 Å². The second-order valence-electron chi connectivity index (χ2n) is 4.50. The van der Waals surface area contributed by atoms with Crippen LogP contribution in [0.1, 0.15) is 26.2 Å². The molecule has 4 nitrogen and oxygen atoms in total. The van der Waals surface area contributed by atoms with Gasteiger partial charge in [-0.05, 0) is 26.2 Å². The van der Waals surface area contributed by atoms with E-state index in [0.29, 0.717) is 30.4 Å². The molecule has 0 spiro atoms. The van der Waals surface area contributed by atoms with Crippen molar-refractivity contribution >= 4 is 5.97 Å². The van der Waals surface area contributed by atoms with Crippen molar-refractivity contribution in [2.45, 2.75) is 44.4 Å². The summed E-state index contributed by atoms with van der Waals surface area (Å²) >= 11 is 0. The Balaban J connectivity index is 1.74. The van der Waals surface area contributed by atoms with Crippen LogP contribution >= 0.6 is 0 Å². The SMILES string of the molecule is COC(=O)C(C)=CCNC1CC2CCC1O2. The molecule has 0 radical (unpaired) electrons. The molecule has 2 aliphatic rings. The van der Waals surface area contributed by atoms with Gasteiger partial charge in [0.15, 0.2) is 0 Å². The highest BCUT2D eigenvalue weighted by molar-refractivity contribution is 5.87. The Morgan fingerprint density at radius 3 is 2.94 bits per heavy atom. The van der Waals surface area contributed by atoms with Crippen LogP contribution in [0.15, 0.2) is 11.6 Å². The van der Waals surface area contributed by atoms with Gasteiger partial charge in [-0.2, -0.15) is 0 Å². The normalized spacial score (nSPS) is 33.1. The molecule has 0 aromatic heterocycles. The highest BCUT2D eigenvalue weighted by Crippen LogP contribution is 2.34. The summed E-state index contributed by atoms with van der Waals surface area (Å²) in [5, 5.41) is 3.41. The van der Waals surface area contributed by atoms with Crippen molar-refractivity contribution in [1.82, 2.24) is 5.32 Å². The molecule has 1 N–H and O–H groups in total. The van der Waals surface area contributed by atoms with Crippen molar-refractivity contribution in [2.75, 3.05) is 13.7 Å². The van der Waals surface area contributed by atoms with Gasteiger partial charge in [-0.15, -0.1) is 0 Å². The van der Waals surface area contributed by atoms with Crippen LogP contribution in [0.25, 0.3) is 0 Å². The lowest BCUT2D eigenvalue weighted by Crippen LogP contribution is -2.37. The van der Waals surface area contributed by atoms with E-state index >= 15 is 0 Å². The topological polar surface area (TPSA) is 47.6 Å². The van der Waals surface area contributed by atoms with E-state index in [1.807, 2.05) is 6.08 Å². The van der Waals surface area contributed by atoms with Crippen LogP contribution in [0, 0.1) is 0 Å². The molecule has 3 unspecified atom stereocenters. The summed E-state index contributed by atoms with van der Waals surface area (Å²) in [6.07, 6.45) is 6.21. The summed E-state index contributed by atoms with van der Waals surface area (Å²) in [6, 6.07) is 0.459. The molecule has 2 bridgehead atoms. The van der Waals surface area contributed by atoms with Gasteiger partial charge in [0.1, 0.15) is 0 Å². The maximum Gasteiger partial charge on any atom is 0.333 e. The second kappa shape index (κ2) is 4.97. The summed E-state index contributed by atoms with van der Waals surface area (Å²) in [5.41, 5.74) is 0.652. The highest BCUT2D eigenvalue weighted by atomic mass is 16.5. The first-order valence-corrected chi connectivity index (χ1v) is 5.84. The number of hydrogen-bond donors (Lipinski definition) is 1. The Hall–Kier alpha value is -0.870.